The summed E-state index contributed by atoms with van der Waals surface area (Å²) in [7, 11) is -2.80. The number of azide groups is 1. The second-order valence-corrected chi connectivity index (χ2v) is 4.92. The summed E-state index contributed by atoms with van der Waals surface area (Å²) >= 11 is 0. The lowest BCUT2D eigenvalue weighted by molar-refractivity contribution is -0.0227. The summed E-state index contributed by atoms with van der Waals surface area (Å²) in [6, 6.07) is 0.496. The Hall–Kier alpha value is -2.03. The van der Waals surface area contributed by atoms with Gasteiger partial charge in [0.1, 0.15) is 12.8 Å². The molecule has 12 heteroatoms. The zero-order valence-electron chi connectivity index (χ0n) is 10.5. The van der Waals surface area contributed by atoms with Crippen molar-refractivity contribution in [3.05, 3.63) is 43.5 Å². The predicted octanol–water partition coefficient (Wildman–Crippen LogP) is 0.169. The molecule has 1 fully saturated rings. The first-order valence-electron chi connectivity index (χ1n) is 5.81. The van der Waals surface area contributed by atoms with Crippen molar-refractivity contribution in [2.75, 3.05) is 6.61 Å². The highest BCUT2D eigenvalue weighted by Crippen LogP contribution is 2.31. The zero-order valence-corrected chi connectivity index (χ0v) is 11.4. The number of hydrogen-bond acceptors (Lipinski definition) is 6. The summed E-state index contributed by atoms with van der Waals surface area (Å²) < 4.78 is 21.7. The van der Waals surface area contributed by atoms with Crippen LogP contribution in [0.4, 0.5) is 0 Å². The first-order chi connectivity index (χ1) is 10.0. The number of aromatic amines is 1. The number of nitrogens with zero attached hydrogens (tertiary/aromatic N) is 4. The minimum absolute atomic E-state index is 0.173. The van der Waals surface area contributed by atoms with Crippen molar-refractivity contribution in [3.8, 4) is 0 Å². The van der Waals surface area contributed by atoms with E-state index in [1.165, 1.54) is 6.20 Å². The molecule has 4 atom stereocenters. The highest BCUT2D eigenvalue weighted by Gasteiger charge is 2.38. The van der Waals surface area contributed by atoms with Crippen molar-refractivity contribution >= 4 is 8.25 Å². The molecule has 0 aromatic carbocycles. The molecule has 2 heterocycles. The minimum Gasteiger partial charge on any atom is -0.352 e. The fraction of sp³-hybridized carbons (Fsp3) is 0.556. The van der Waals surface area contributed by atoms with E-state index < -0.39 is 37.9 Å². The van der Waals surface area contributed by atoms with Gasteiger partial charge in [0.2, 0.25) is 0 Å². The van der Waals surface area contributed by atoms with Crippen LogP contribution >= 0.6 is 8.25 Å². The second kappa shape index (κ2) is 6.61. The van der Waals surface area contributed by atoms with Gasteiger partial charge in [-0.15, -0.1) is 9.42 Å². The molecule has 1 unspecified atom stereocenters. The average Bonchev–Trinajstić information content (AvgIpc) is 2.80. The van der Waals surface area contributed by atoms with E-state index >= 15 is 0 Å². The van der Waals surface area contributed by atoms with Gasteiger partial charge in [-0.05, 0) is 5.53 Å². The normalized spacial score (nSPS) is 25.4. The van der Waals surface area contributed by atoms with Crippen LogP contribution in [0.3, 0.4) is 0 Å². The standard InChI is InChI=1S/C9H10N5O6P/c10-13-12-5-3-8(20-6(5)4-19-21(17)18)14-2-1-7(15)11-9(14)16/h1-2,5-6,8H,3-4H2,(H-,11,15,16,17,18)/p+1/t5-,6+,8+/m0/s1. The Morgan fingerprint density at radius 2 is 2.43 bits per heavy atom. The quantitative estimate of drug-likeness (QED) is 0.341. The van der Waals surface area contributed by atoms with Gasteiger partial charge in [0.25, 0.3) is 5.56 Å². The molecule has 0 amide bonds. The number of rotatable bonds is 5. The molecule has 2 N–H and O–H groups in total. The van der Waals surface area contributed by atoms with Gasteiger partial charge in [-0.25, -0.2) is 4.79 Å². The van der Waals surface area contributed by atoms with Crippen LogP contribution in [0.5, 0.6) is 0 Å². The predicted molar refractivity (Wildman–Crippen MR) is 68.6 cm³/mol. The lowest BCUT2D eigenvalue weighted by Crippen LogP contribution is -2.31. The van der Waals surface area contributed by atoms with Gasteiger partial charge in [0, 0.05) is 28.2 Å². The Kier molecular flexibility index (Phi) is 4.84. The van der Waals surface area contributed by atoms with E-state index in [9.17, 15) is 14.2 Å². The molecule has 0 radical (unpaired) electrons. The van der Waals surface area contributed by atoms with Gasteiger partial charge in [-0.1, -0.05) is 5.11 Å². The number of H-pyrrole nitrogens is 1. The van der Waals surface area contributed by atoms with Crippen LogP contribution in [-0.2, 0) is 13.8 Å². The lowest BCUT2D eigenvalue weighted by atomic mass is 10.1. The molecule has 2 rings (SSSR count). The SMILES string of the molecule is [N-]=[N+]=N[C@H]1C[C@H](n2ccc(=O)[nH]c2=O)O[C@@H]1CO[P+](=O)O. The molecular formula is C9H11N5O6P+. The van der Waals surface area contributed by atoms with E-state index in [0.29, 0.717) is 0 Å². The van der Waals surface area contributed by atoms with Crippen molar-refractivity contribution in [2.45, 2.75) is 24.8 Å². The smallest absolute Gasteiger partial charge is 0.352 e. The molecule has 112 valence electrons. The van der Waals surface area contributed by atoms with E-state index in [4.69, 9.17) is 15.2 Å². The lowest BCUT2D eigenvalue weighted by Gasteiger charge is -2.13. The third-order valence-corrected chi connectivity index (χ3v) is 3.28. The van der Waals surface area contributed by atoms with E-state index in [2.05, 4.69) is 19.5 Å². The van der Waals surface area contributed by atoms with Gasteiger partial charge in [-0.3, -0.25) is 14.3 Å². The number of hydrogen-bond donors (Lipinski definition) is 2. The molecule has 11 nitrogen and oxygen atoms in total. The van der Waals surface area contributed by atoms with Gasteiger partial charge >= 0.3 is 13.9 Å². The molecule has 1 aromatic rings. The van der Waals surface area contributed by atoms with Gasteiger partial charge in [0.05, 0.1) is 12.1 Å². The van der Waals surface area contributed by atoms with Crippen LogP contribution in [-0.4, -0.2) is 33.2 Å². The maximum Gasteiger partial charge on any atom is 0.694 e. The summed E-state index contributed by atoms with van der Waals surface area (Å²) in [4.78, 5) is 36.0. The molecule has 1 aliphatic heterocycles. The highest BCUT2D eigenvalue weighted by molar-refractivity contribution is 7.32. The van der Waals surface area contributed by atoms with Crippen molar-refractivity contribution < 1.29 is 18.7 Å². The number of nitrogens with one attached hydrogen (secondary N) is 1. The van der Waals surface area contributed by atoms with Crippen molar-refractivity contribution in [2.24, 2.45) is 5.11 Å². The first-order valence-corrected chi connectivity index (χ1v) is 6.94. The molecule has 1 aliphatic rings. The van der Waals surface area contributed by atoms with Crippen molar-refractivity contribution in [3.63, 3.8) is 0 Å². The Morgan fingerprint density at radius 3 is 3.05 bits per heavy atom. The molecule has 0 bridgehead atoms. The van der Waals surface area contributed by atoms with Crippen LogP contribution in [0.1, 0.15) is 12.6 Å². The van der Waals surface area contributed by atoms with Crippen LogP contribution in [0.2, 0.25) is 0 Å². The number of aromatic nitrogens is 2. The molecule has 1 aromatic heterocycles. The summed E-state index contributed by atoms with van der Waals surface area (Å²) in [5, 5.41) is 3.52. The highest BCUT2D eigenvalue weighted by atomic mass is 31.1. The molecular weight excluding hydrogens is 305 g/mol. The Balaban J connectivity index is 2.19. The fourth-order valence-electron chi connectivity index (χ4n) is 2.01. The van der Waals surface area contributed by atoms with Gasteiger partial charge in [-0.2, -0.15) is 0 Å². The van der Waals surface area contributed by atoms with Crippen LogP contribution in [0, 0.1) is 0 Å². The largest absolute Gasteiger partial charge is 0.694 e. The second-order valence-electron chi connectivity index (χ2n) is 4.19. The monoisotopic (exact) mass is 316 g/mol. The summed E-state index contributed by atoms with van der Waals surface area (Å²) in [6.45, 7) is -0.260. The van der Waals surface area contributed by atoms with Crippen molar-refractivity contribution in [1.29, 1.82) is 0 Å². The van der Waals surface area contributed by atoms with Crippen LogP contribution in [0.15, 0.2) is 27.0 Å². The Morgan fingerprint density at radius 1 is 1.67 bits per heavy atom. The van der Waals surface area contributed by atoms with Crippen LogP contribution < -0.4 is 11.2 Å². The molecule has 21 heavy (non-hydrogen) atoms. The van der Waals surface area contributed by atoms with E-state index in [1.54, 1.807) is 0 Å². The topological polar surface area (TPSA) is 159 Å². The Labute approximate surface area is 117 Å². The maximum atomic E-state index is 11.7. The number of ether oxygens (including phenoxy) is 1. The third-order valence-electron chi connectivity index (χ3n) is 2.91. The summed E-state index contributed by atoms with van der Waals surface area (Å²) in [5.41, 5.74) is 7.30. The Bertz CT molecular complexity index is 694. The molecule has 1 saturated heterocycles. The van der Waals surface area contributed by atoms with Gasteiger partial charge in [0.15, 0.2) is 0 Å². The summed E-state index contributed by atoms with van der Waals surface area (Å²) in [5.74, 6) is 0. The average molecular weight is 316 g/mol. The van der Waals surface area contributed by atoms with Crippen molar-refractivity contribution in [1.82, 2.24) is 9.55 Å². The summed E-state index contributed by atoms with van der Waals surface area (Å²) in [6.07, 6.45) is -0.105. The third kappa shape index (κ3) is 3.75. The first kappa shape index (κ1) is 15.4. The van der Waals surface area contributed by atoms with E-state index in [1.807, 2.05) is 0 Å². The van der Waals surface area contributed by atoms with E-state index in [-0.39, 0.29) is 13.0 Å². The maximum absolute atomic E-state index is 11.7. The van der Waals surface area contributed by atoms with Crippen LogP contribution in [0.25, 0.3) is 10.4 Å². The van der Waals surface area contributed by atoms with Gasteiger partial charge < -0.3 is 4.74 Å². The fourth-order valence-corrected chi connectivity index (χ4v) is 2.29. The van der Waals surface area contributed by atoms with E-state index in [0.717, 1.165) is 10.6 Å². The molecule has 0 aliphatic carbocycles. The molecule has 0 spiro atoms. The zero-order chi connectivity index (χ0) is 15.4. The minimum atomic E-state index is -2.80. The molecule has 0 saturated carbocycles.